The van der Waals surface area contributed by atoms with Gasteiger partial charge >= 0.3 is 0 Å². The zero-order valence-corrected chi connectivity index (χ0v) is 12.8. The van der Waals surface area contributed by atoms with Gasteiger partial charge < -0.3 is 9.57 Å². The van der Waals surface area contributed by atoms with E-state index < -0.39 is 0 Å². The molecule has 2 aromatic rings. The SMILES string of the molecule is COc1ccccc1N1C=C(CCC#Cc2ccccn2)ON1. The lowest BCUT2D eigenvalue weighted by Gasteiger charge is -2.16. The van der Waals surface area contributed by atoms with Gasteiger partial charge in [-0.3, -0.25) is 0 Å². The number of hydrogen-bond donors (Lipinski definition) is 1. The summed E-state index contributed by atoms with van der Waals surface area (Å²) in [5.74, 6) is 7.73. The van der Waals surface area contributed by atoms with Crippen LogP contribution >= 0.6 is 0 Å². The van der Waals surface area contributed by atoms with Crippen LogP contribution in [0.5, 0.6) is 5.75 Å². The van der Waals surface area contributed by atoms with Crippen LogP contribution in [-0.2, 0) is 4.84 Å². The molecule has 0 fully saturated rings. The topological polar surface area (TPSA) is 46.6 Å². The Balaban J connectivity index is 1.59. The molecule has 0 atom stereocenters. The molecule has 3 rings (SSSR count). The van der Waals surface area contributed by atoms with E-state index in [4.69, 9.17) is 9.57 Å². The number of methoxy groups -OCH3 is 1. The molecule has 0 amide bonds. The maximum atomic E-state index is 5.47. The molecule has 5 heteroatoms. The van der Waals surface area contributed by atoms with Gasteiger partial charge in [0, 0.05) is 19.0 Å². The van der Waals surface area contributed by atoms with E-state index >= 15 is 0 Å². The van der Waals surface area contributed by atoms with Crippen molar-refractivity contribution in [2.45, 2.75) is 12.8 Å². The second-order valence-corrected chi connectivity index (χ2v) is 4.85. The van der Waals surface area contributed by atoms with Crippen molar-refractivity contribution in [3.63, 3.8) is 0 Å². The van der Waals surface area contributed by atoms with Crippen molar-refractivity contribution in [2.75, 3.05) is 12.1 Å². The Bertz CT molecular complexity index is 748. The van der Waals surface area contributed by atoms with E-state index in [9.17, 15) is 0 Å². The molecule has 23 heavy (non-hydrogen) atoms. The average Bonchev–Trinajstić information content (AvgIpc) is 3.08. The highest BCUT2D eigenvalue weighted by Gasteiger charge is 2.17. The van der Waals surface area contributed by atoms with Crippen LogP contribution in [0.2, 0.25) is 0 Å². The van der Waals surface area contributed by atoms with Crippen molar-refractivity contribution >= 4 is 5.69 Å². The number of hydrazine groups is 1. The van der Waals surface area contributed by atoms with Crippen molar-refractivity contribution in [2.24, 2.45) is 0 Å². The van der Waals surface area contributed by atoms with E-state index in [1.54, 1.807) is 18.3 Å². The van der Waals surface area contributed by atoms with Crippen LogP contribution in [0.3, 0.4) is 0 Å². The summed E-state index contributed by atoms with van der Waals surface area (Å²) in [4.78, 5) is 9.63. The molecule has 0 saturated heterocycles. The van der Waals surface area contributed by atoms with E-state index in [1.165, 1.54) is 0 Å². The summed E-state index contributed by atoms with van der Waals surface area (Å²) in [6.07, 6.45) is 5.06. The van der Waals surface area contributed by atoms with Crippen molar-refractivity contribution in [1.29, 1.82) is 0 Å². The van der Waals surface area contributed by atoms with E-state index in [2.05, 4.69) is 22.4 Å². The van der Waals surface area contributed by atoms with E-state index in [1.807, 2.05) is 48.7 Å². The molecule has 1 N–H and O–H groups in total. The highest BCUT2D eigenvalue weighted by Crippen LogP contribution is 2.29. The maximum Gasteiger partial charge on any atom is 0.145 e. The molecule has 2 heterocycles. The van der Waals surface area contributed by atoms with E-state index in [-0.39, 0.29) is 0 Å². The van der Waals surface area contributed by atoms with Crippen LogP contribution in [0.1, 0.15) is 18.5 Å². The first-order valence-corrected chi connectivity index (χ1v) is 7.32. The number of benzene rings is 1. The largest absolute Gasteiger partial charge is 0.495 e. The lowest BCUT2D eigenvalue weighted by atomic mass is 10.2. The fraction of sp³-hybridized carbons (Fsp3) is 0.167. The monoisotopic (exact) mass is 307 g/mol. The zero-order valence-electron chi connectivity index (χ0n) is 12.8. The first-order chi connectivity index (χ1) is 11.4. The molecule has 5 nitrogen and oxygen atoms in total. The molecule has 0 unspecified atom stereocenters. The molecular weight excluding hydrogens is 290 g/mol. The van der Waals surface area contributed by atoms with Crippen molar-refractivity contribution in [3.8, 4) is 17.6 Å². The number of ether oxygens (including phenoxy) is 1. The molecule has 0 aliphatic carbocycles. The van der Waals surface area contributed by atoms with Crippen LogP contribution in [0.25, 0.3) is 0 Å². The molecular formula is C18H17N3O2. The minimum Gasteiger partial charge on any atom is -0.495 e. The number of nitrogens with one attached hydrogen (secondary N) is 1. The number of aromatic nitrogens is 1. The van der Waals surface area contributed by atoms with E-state index in [0.29, 0.717) is 6.42 Å². The highest BCUT2D eigenvalue weighted by atomic mass is 16.7. The van der Waals surface area contributed by atoms with Gasteiger partial charge in [-0.2, -0.15) is 0 Å². The van der Waals surface area contributed by atoms with Gasteiger partial charge in [0.05, 0.1) is 13.3 Å². The normalized spacial score (nSPS) is 12.9. The molecule has 0 spiro atoms. The minimum atomic E-state index is 0.698. The van der Waals surface area contributed by atoms with Crippen molar-refractivity contribution in [3.05, 3.63) is 66.3 Å². The number of hydrogen-bond acceptors (Lipinski definition) is 5. The third-order valence-corrected chi connectivity index (χ3v) is 3.27. The number of rotatable bonds is 4. The van der Waals surface area contributed by atoms with Crippen molar-refractivity contribution in [1.82, 2.24) is 10.6 Å². The molecule has 1 aromatic carbocycles. The summed E-state index contributed by atoms with van der Waals surface area (Å²) < 4.78 is 5.34. The first-order valence-electron chi connectivity index (χ1n) is 7.32. The van der Waals surface area contributed by atoms with Gasteiger partial charge in [0.2, 0.25) is 0 Å². The van der Waals surface area contributed by atoms with Gasteiger partial charge in [0.1, 0.15) is 22.9 Å². The average molecular weight is 307 g/mol. The van der Waals surface area contributed by atoms with Crippen LogP contribution in [0.4, 0.5) is 5.69 Å². The fourth-order valence-electron chi connectivity index (χ4n) is 2.14. The Morgan fingerprint density at radius 3 is 2.91 bits per heavy atom. The quantitative estimate of drug-likeness (QED) is 0.880. The Labute approximate surface area is 135 Å². The second-order valence-electron chi connectivity index (χ2n) is 4.85. The summed E-state index contributed by atoms with van der Waals surface area (Å²) in [7, 11) is 1.65. The minimum absolute atomic E-state index is 0.698. The Morgan fingerprint density at radius 2 is 2.09 bits per heavy atom. The standard InChI is InChI=1S/C18H17N3O2/c1-22-18-12-5-4-11-17(18)21-14-16(23-20-21)10-3-2-8-15-9-6-7-13-19-15/h4-7,9,11-14,20H,3,10H2,1H3. The molecule has 116 valence electrons. The van der Waals surface area contributed by atoms with Gasteiger partial charge in [0.25, 0.3) is 0 Å². The highest BCUT2D eigenvalue weighted by molar-refractivity contribution is 5.59. The van der Waals surface area contributed by atoms with Gasteiger partial charge in [-0.1, -0.05) is 29.7 Å². The van der Waals surface area contributed by atoms with E-state index in [0.717, 1.165) is 29.3 Å². The van der Waals surface area contributed by atoms with Gasteiger partial charge in [0.15, 0.2) is 0 Å². The predicted octanol–water partition coefficient (Wildman–Crippen LogP) is 3.02. The zero-order chi connectivity index (χ0) is 15.9. The lowest BCUT2D eigenvalue weighted by molar-refractivity contribution is 0.124. The van der Waals surface area contributed by atoms with Gasteiger partial charge in [-0.05, 0) is 30.2 Å². The summed E-state index contributed by atoms with van der Waals surface area (Å²) in [5, 5.41) is 1.79. The number of anilines is 1. The summed E-state index contributed by atoms with van der Waals surface area (Å²) >= 11 is 0. The number of para-hydroxylation sites is 2. The summed E-state index contributed by atoms with van der Waals surface area (Å²) in [6.45, 7) is 0. The third-order valence-electron chi connectivity index (χ3n) is 3.27. The molecule has 0 radical (unpaired) electrons. The number of pyridine rings is 1. The second kappa shape index (κ2) is 7.34. The number of nitrogens with zero attached hydrogens (tertiary/aromatic N) is 2. The third kappa shape index (κ3) is 3.82. The molecule has 1 aromatic heterocycles. The van der Waals surface area contributed by atoms with Crippen LogP contribution in [0, 0.1) is 11.8 Å². The van der Waals surface area contributed by atoms with Crippen LogP contribution in [0.15, 0.2) is 60.6 Å². The summed E-state index contributed by atoms with van der Waals surface area (Å²) in [5.41, 5.74) is 4.53. The molecule has 0 saturated carbocycles. The lowest BCUT2D eigenvalue weighted by Crippen LogP contribution is -2.27. The van der Waals surface area contributed by atoms with Crippen LogP contribution < -0.4 is 15.3 Å². The predicted molar refractivity (Wildman–Crippen MR) is 88.1 cm³/mol. The maximum absolute atomic E-state index is 5.47. The van der Waals surface area contributed by atoms with Crippen molar-refractivity contribution < 1.29 is 9.57 Å². The smallest absolute Gasteiger partial charge is 0.145 e. The van der Waals surface area contributed by atoms with Gasteiger partial charge in [-0.15, -0.1) is 0 Å². The molecule has 0 bridgehead atoms. The first kappa shape index (κ1) is 14.9. The summed E-state index contributed by atoms with van der Waals surface area (Å²) in [6, 6.07) is 13.4. The Morgan fingerprint density at radius 1 is 1.22 bits per heavy atom. The Hall–Kier alpha value is -2.97. The van der Waals surface area contributed by atoms with Crippen LogP contribution in [-0.4, -0.2) is 12.1 Å². The van der Waals surface area contributed by atoms with Gasteiger partial charge in [-0.25, -0.2) is 9.99 Å². The molecule has 1 aliphatic heterocycles. The molecule has 1 aliphatic rings. The Kier molecular flexibility index (Phi) is 4.77. The fourth-order valence-corrected chi connectivity index (χ4v) is 2.14. The number of allylic oxidation sites excluding steroid dienone is 1.